The largest absolute Gasteiger partial charge is 0.482 e. The summed E-state index contributed by atoms with van der Waals surface area (Å²) in [6.45, 7) is 1.82. The molecule has 3 aromatic rings. The summed E-state index contributed by atoms with van der Waals surface area (Å²) in [6.07, 6.45) is 2.54. The van der Waals surface area contributed by atoms with E-state index in [1.54, 1.807) is 42.2 Å². The van der Waals surface area contributed by atoms with Gasteiger partial charge in [0, 0.05) is 19.1 Å². The lowest BCUT2D eigenvalue weighted by atomic mass is 9.97. The molecule has 2 aliphatic rings. The molecule has 12 heteroatoms. The van der Waals surface area contributed by atoms with Crippen LogP contribution in [-0.2, 0) is 29.1 Å². The highest BCUT2D eigenvalue weighted by atomic mass is 16.5. The second kappa shape index (κ2) is 11.1. The van der Waals surface area contributed by atoms with E-state index in [0.717, 1.165) is 16.7 Å². The van der Waals surface area contributed by atoms with E-state index in [2.05, 4.69) is 20.6 Å². The standard InChI is InChI=1S/C28H27N5O7/c1-15-18-5-6-23(20(18)4-3-19(15)28(38)39)33(12-26(35)36)11-17-9-22(31-14-30-17)27(37)29-10-16-2-7-24-21(8-16)32-25(34)13-40-24/h2-4,7-9,14,23H,5-6,10-13H2,1H3,(H,29,37)(H,32,34)(H,35,36)(H,38,39). The monoisotopic (exact) mass is 545 g/mol. The molecular formula is C28H27N5O7. The number of nitrogens with one attached hydrogen (secondary N) is 2. The molecule has 1 aliphatic carbocycles. The lowest BCUT2D eigenvalue weighted by molar-refractivity contribution is -0.139. The van der Waals surface area contributed by atoms with E-state index in [1.807, 2.05) is 0 Å². The Morgan fingerprint density at radius 2 is 1.98 bits per heavy atom. The molecule has 40 heavy (non-hydrogen) atoms. The Kier molecular flexibility index (Phi) is 7.43. The summed E-state index contributed by atoms with van der Waals surface area (Å²) >= 11 is 0. The van der Waals surface area contributed by atoms with Gasteiger partial charge in [-0.2, -0.15) is 0 Å². The number of hydrogen-bond acceptors (Lipinski definition) is 8. The number of carbonyl (C=O) groups excluding carboxylic acids is 2. The van der Waals surface area contributed by atoms with Crippen LogP contribution in [0.1, 0.15) is 61.3 Å². The number of aromatic carboxylic acids is 1. The highest BCUT2D eigenvalue weighted by Crippen LogP contribution is 2.39. The second-order valence-electron chi connectivity index (χ2n) is 9.71. The van der Waals surface area contributed by atoms with Crippen molar-refractivity contribution in [3.05, 3.63) is 81.9 Å². The van der Waals surface area contributed by atoms with Crippen molar-refractivity contribution in [1.29, 1.82) is 0 Å². The first-order valence-electron chi connectivity index (χ1n) is 12.7. The molecule has 1 aliphatic heterocycles. The third-order valence-corrected chi connectivity index (χ3v) is 7.12. The van der Waals surface area contributed by atoms with E-state index >= 15 is 0 Å². The smallest absolute Gasteiger partial charge is 0.335 e. The summed E-state index contributed by atoms with van der Waals surface area (Å²) in [4.78, 5) is 57.8. The third kappa shape index (κ3) is 5.61. The van der Waals surface area contributed by atoms with Gasteiger partial charge in [0.15, 0.2) is 6.61 Å². The van der Waals surface area contributed by atoms with Crippen LogP contribution in [0.5, 0.6) is 5.75 Å². The number of anilines is 1. The van der Waals surface area contributed by atoms with Crippen LogP contribution in [-0.4, -0.2) is 62.0 Å². The predicted octanol–water partition coefficient (Wildman–Crippen LogP) is 2.32. The van der Waals surface area contributed by atoms with Crippen molar-refractivity contribution in [2.45, 2.75) is 38.9 Å². The average molecular weight is 546 g/mol. The number of hydrogen-bond donors (Lipinski definition) is 4. The molecule has 2 heterocycles. The first-order chi connectivity index (χ1) is 19.2. The minimum atomic E-state index is -1.01. The molecule has 5 rings (SSSR count). The molecule has 1 aromatic heterocycles. The van der Waals surface area contributed by atoms with Gasteiger partial charge in [0.05, 0.1) is 23.5 Å². The number of carbonyl (C=O) groups is 4. The van der Waals surface area contributed by atoms with E-state index in [-0.39, 0.29) is 49.4 Å². The molecule has 0 fully saturated rings. The summed E-state index contributed by atoms with van der Waals surface area (Å²) in [5, 5.41) is 24.6. The van der Waals surface area contributed by atoms with Gasteiger partial charge >= 0.3 is 11.9 Å². The Bertz CT molecular complexity index is 1520. The van der Waals surface area contributed by atoms with Crippen LogP contribution >= 0.6 is 0 Å². The number of amides is 2. The Morgan fingerprint density at radius 3 is 2.75 bits per heavy atom. The van der Waals surface area contributed by atoms with Crippen molar-refractivity contribution in [3.63, 3.8) is 0 Å². The summed E-state index contributed by atoms with van der Waals surface area (Å²) in [7, 11) is 0. The average Bonchev–Trinajstić information content (AvgIpc) is 3.36. The number of aliphatic carboxylic acids is 1. The van der Waals surface area contributed by atoms with Crippen LogP contribution in [0.2, 0.25) is 0 Å². The molecule has 0 saturated heterocycles. The normalized spacial score (nSPS) is 15.6. The van der Waals surface area contributed by atoms with Gasteiger partial charge in [-0.1, -0.05) is 12.1 Å². The number of benzene rings is 2. The van der Waals surface area contributed by atoms with E-state index in [4.69, 9.17) is 4.74 Å². The predicted molar refractivity (Wildman–Crippen MR) is 141 cm³/mol. The number of rotatable bonds is 9. The minimum absolute atomic E-state index is 0.0401. The highest BCUT2D eigenvalue weighted by Gasteiger charge is 2.32. The lowest BCUT2D eigenvalue weighted by Gasteiger charge is -2.28. The van der Waals surface area contributed by atoms with Crippen molar-refractivity contribution < 1.29 is 34.1 Å². The summed E-state index contributed by atoms with van der Waals surface area (Å²) in [5.74, 6) is -2.13. The highest BCUT2D eigenvalue weighted by molar-refractivity contribution is 5.95. The molecule has 1 atom stereocenters. The van der Waals surface area contributed by atoms with Crippen LogP contribution in [0.3, 0.4) is 0 Å². The van der Waals surface area contributed by atoms with Crippen LogP contribution in [0.4, 0.5) is 5.69 Å². The lowest BCUT2D eigenvalue weighted by Crippen LogP contribution is -2.33. The minimum Gasteiger partial charge on any atom is -0.482 e. The molecular weight excluding hydrogens is 518 g/mol. The fourth-order valence-electron chi connectivity index (χ4n) is 5.25. The quantitative estimate of drug-likeness (QED) is 0.313. The maximum absolute atomic E-state index is 12.9. The van der Waals surface area contributed by atoms with Crippen molar-refractivity contribution in [3.8, 4) is 5.75 Å². The Labute approximate surface area is 229 Å². The Balaban J connectivity index is 1.29. The topological polar surface area (TPSA) is 171 Å². The first kappa shape index (κ1) is 26.8. The molecule has 2 amide bonds. The van der Waals surface area contributed by atoms with Gasteiger partial charge in [0.1, 0.15) is 17.8 Å². The van der Waals surface area contributed by atoms with Crippen molar-refractivity contribution in [2.24, 2.45) is 0 Å². The van der Waals surface area contributed by atoms with Crippen molar-refractivity contribution in [1.82, 2.24) is 20.2 Å². The van der Waals surface area contributed by atoms with Gasteiger partial charge in [0.2, 0.25) is 0 Å². The summed E-state index contributed by atoms with van der Waals surface area (Å²) < 4.78 is 5.35. The maximum Gasteiger partial charge on any atom is 0.335 e. The zero-order chi connectivity index (χ0) is 28.4. The van der Waals surface area contributed by atoms with Gasteiger partial charge in [-0.15, -0.1) is 0 Å². The van der Waals surface area contributed by atoms with Crippen LogP contribution in [0.25, 0.3) is 0 Å². The number of ether oxygens (including phenoxy) is 1. The fraction of sp³-hybridized carbons (Fsp3) is 0.286. The second-order valence-corrected chi connectivity index (χ2v) is 9.71. The maximum atomic E-state index is 12.9. The fourth-order valence-corrected chi connectivity index (χ4v) is 5.25. The first-order valence-corrected chi connectivity index (χ1v) is 12.7. The van der Waals surface area contributed by atoms with Crippen LogP contribution < -0.4 is 15.4 Å². The SMILES string of the molecule is Cc1c(C(=O)O)ccc2c1CCC2N(CC(=O)O)Cc1cc(C(=O)NCc2ccc3c(c2)NC(=O)CO3)ncn1. The molecule has 0 spiro atoms. The van der Waals surface area contributed by atoms with Crippen molar-refractivity contribution >= 4 is 29.4 Å². The number of nitrogens with zero attached hydrogens (tertiary/aromatic N) is 3. The van der Waals surface area contributed by atoms with Crippen LogP contribution in [0, 0.1) is 6.92 Å². The summed E-state index contributed by atoms with van der Waals surface area (Å²) in [6, 6.07) is 9.84. The molecule has 12 nitrogen and oxygen atoms in total. The number of carboxylic acids is 2. The van der Waals surface area contributed by atoms with Crippen molar-refractivity contribution in [2.75, 3.05) is 18.5 Å². The van der Waals surface area contributed by atoms with Gasteiger partial charge in [-0.3, -0.25) is 19.3 Å². The van der Waals surface area contributed by atoms with E-state index in [9.17, 15) is 29.4 Å². The van der Waals surface area contributed by atoms with E-state index in [0.29, 0.717) is 35.5 Å². The van der Waals surface area contributed by atoms with E-state index in [1.165, 1.54) is 12.4 Å². The van der Waals surface area contributed by atoms with Gasteiger partial charge < -0.3 is 25.6 Å². The zero-order valence-corrected chi connectivity index (χ0v) is 21.6. The van der Waals surface area contributed by atoms with Gasteiger partial charge in [-0.05, 0) is 66.3 Å². The third-order valence-electron chi connectivity index (χ3n) is 7.12. The Morgan fingerprint density at radius 1 is 1.15 bits per heavy atom. The molecule has 0 radical (unpaired) electrons. The van der Waals surface area contributed by atoms with E-state index < -0.39 is 17.8 Å². The Hall–Kier alpha value is -4.84. The molecule has 2 aromatic carbocycles. The number of aromatic nitrogens is 2. The molecule has 1 unspecified atom stereocenters. The molecule has 0 bridgehead atoms. The number of carboxylic acid groups (broad SMARTS) is 2. The molecule has 4 N–H and O–H groups in total. The number of fused-ring (bicyclic) bond motifs is 2. The molecule has 0 saturated carbocycles. The van der Waals surface area contributed by atoms with Gasteiger partial charge in [0.25, 0.3) is 11.8 Å². The zero-order valence-electron chi connectivity index (χ0n) is 21.6. The van der Waals surface area contributed by atoms with Crippen LogP contribution in [0.15, 0.2) is 42.7 Å². The summed E-state index contributed by atoms with van der Waals surface area (Å²) in [5.41, 5.74) is 4.65. The van der Waals surface area contributed by atoms with Gasteiger partial charge in [-0.25, -0.2) is 14.8 Å². The molecule has 206 valence electrons.